The summed E-state index contributed by atoms with van der Waals surface area (Å²) in [6.07, 6.45) is 1.81. The van der Waals surface area contributed by atoms with Crippen LogP contribution in [0.1, 0.15) is 23.5 Å². The van der Waals surface area contributed by atoms with Crippen LogP contribution in [0.5, 0.6) is 0 Å². The molecule has 1 aromatic carbocycles. The zero-order valence-corrected chi connectivity index (χ0v) is 7.47. The molecule has 3 heteroatoms. The fourth-order valence-electron chi connectivity index (χ4n) is 1.74. The summed E-state index contributed by atoms with van der Waals surface area (Å²) in [6, 6.07) is 7.23. The van der Waals surface area contributed by atoms with Gasteiger partial charge in [-0.3, -0.25) is 4.79 Å². The van der Waals surface area contributed by atoms with Crippen LogP contribution >= 0.6 is 0 Å². The smallest absolute Gasteiger partial charge is 0.311 e. The Hall–Kier alpha value is -1.77. The van der Waals surface area contributed by atoms with Crippen molar-refractivity contribution in [1.29, 1.82) is 0 Å². The molecular weight excluding hydrogens is 180 g/mol. The van der Waals surface area contributed by atoms with E-state index in [1.54, 1.807) is 18.2 Å². The second kappa shape index (κ2) is 3.18. The lowest BCUT2D eigenvalue weighted by Crippen LogP contribution is -2.16. The highest BCUT2D eigenvalue weighted by molar-refractivity contribution is 5.80. The molecule has 0 saturated carbocycles. The molecule has 0 aliphatic heterocycles. The summed E-state index contributed by atoms with van der Waals surface area (Å²) in [5.74, 6) is -1.37. The SMILES string of the molecule is O=C(O)C1CC(O)=Cc2ccccc21. The summed E-state index contributed by atoms with van der Waals surface area (Å²) in [5.41, 5.74) is 1.57. The number of allylic oxidation sites excluding steroid dienone is 1. The zero-order chi connectivity index (χ0) is 10.1. The van der Waals surface area contributed by atoms with Gasteiger partial charge < -0.3 is 10.2 Å². The van der Waals surface area contributed by atoms with Crippen LogP contribution in [0.25, 0.3) is 6.08 Å². The van der Waals surface area contributed by atoms with Crippen LogP contribution in [-0.2, 0) is 4.79 Å². The van der Waals surface area contributed by atoms with Gasteiger partial charge in [-0.25, -0.2) is 0 Å². The zero-order valence-electron chi connectivity index (χ0n) is 7.47. The third-order valence-electron chi connectivity index (χ3n) is 2.40. The van der Waals surface area contributed by atoms with E-state index < -0.39 is 11.9 Å². The van der Waals surface area contributed by atoms with E-state index in [2.05, 4.69) is 0 Å². The van der Waals surface area contributed by atoms with E-state index >= 15 is 0 Å². The van der Waals surface area contributed by atoms with E-state index in [-0.39, 0.29) is 12.2 Å². The largest absolute Gasteiger partial charge is 0.512 e. The van der Waals surface area contributed by atoms with Gasteiger partial charge >= 0.3 is 5.97 Å². The molecule has 72 valence electrons. The Bertz CT molecular complexity index is 407. The van der Waals surface area contributed by atoms with Crippen LogP contribution in [0.4, 0.5) is 0 Å². The van der Waals surface area contributed by atoms with Gasteiger partial charge in [0, 0.05) is 6.42 Å². The van der Waals surface area contributed by atoms with Crippen molar-refractivity contribution < 1.29 is 15.0 Å². The minimum atomic E-state index is -0.892. The average Bonchev–Trinajstić information content (AvgIpc) is 2.16. The predicted molar refractivity (Wildman–Crippen MR) is 52.0 cm³/mol. The molecule has 0 fully saturated rings. The van der Waals surface area contributed by atoms with E-state index in [9.17, 15) is 9.90 Å². The van der Waals surface area contributed by atoms with Gasteiger partial charge in [0.15, 0.2) is 0 Å². The minimum Gasteiger partial charge on any atom is -0.512 e. The number of aliphatic carboxylic acids is 1. The van der Waals surface area contributed by atoms with E-state index in [4.69, 9.17) is 5.11 Å². The molecule has 0 saturated heterocycles. The van der Waals surface area contributed by atoms with Crippen molar-refractivity contribution in [3.63, 3.8) is 0 Å². The highest BCUT2D eigenvalue weighted by Crippen LogP contribution is 2.32. The van der Waals surface area contributed by atoms with Crippen molar-refractivity contribution in [1.82, 2.24) is 0 Å². The highest BCUT2D eigenvalue weighted by Gasteiger charge is 2.26. The van der Waals surface area contributed by atoms with Crippen molar-refractivity contribution >= 4 is 12.0 Å². The van der Waals surface area contributed by atoms with E-state index in [1.807, 2.05) is 12.1 Å². The monoisotopic (exact) mass is 190 g/mol. The van der Waals surface area contributed by atoms with Crippen molar-refractivity contribution in [3.05, 3.63) is 41.2 Å². The Morgan fingerprint density at radius 2 is 2.07 bits per heavy atom. The van der Waals surface area contributed by atoms with Crippen LogP contribution in [-0.4, -0.2) is 16.2 Å². The van der Waals surface area contributed by atoms with Gasteiger partial charge in [0.2, 0.25) is 0 Å². The quantitative estimate of drug-likeness (QED) is 0.713. The molecule has 0 aromatic heterocycles. The standard InChI is InChI=1S/C11H10O3/c12-8-5-7-3-1-2-4-9(7)10(6-8)11(13)14/h1-5,10,12H,6H2,(H,13,14). The number of hydrogen-bond donors (Lipinski definition) is 2. The number of carboxylic acid groups (broad SMARTS) is 1. The van der Waals surface area contributed by atoms with Gasteiger partial charge in [-0.05, 0) is 17.2 Å². The van der Waals surface area contributed by atoms with Crippen LogP contribution in [0.3, 0.4) is 0 Å². The Balaban J connectivity index is 2.53. The van der Waals surface area contributed by atoms with Crippen molar-refractivity contribution in [2.45, 2.75) is 12.3 Å². The Labute approximate surface area is 81.3 Å². The fourth-order valence-corrected chi connectivity index (χ4v) is 1.74. The summed E-state index contributed by atoms with van der Waals surface area (Å²) < 4.78 is 0. The maximum atomic E-state index is 10.9. The Morgan fingerprint density at radius 1 is 1.36 bits per heavy atom. The number of aliphatic hydroxyl groups is 1. The third-order valence-corrected chi connectivity index (χ3v) is 2.40. The number of carboxylic acids is 1. The first-order valence-corrected chi connectivity index (χ1v) is 4.40. The second-order valence-electron chi connectivity index (χ2n) is 3.36. The number of carbonyl (C=O) groups is 1. The van der Waals surface area contributed by atoms with Gasteiger partial charge in [-0.2, -0.15) is 0 Å². The maximum Gasteiger partial charge on any atom is 0.311 e. The van der Waals surface area contributed by atoms with Crippen LogP contribution < -0.4 is 0 Å². The molecule has 3 nitrogen and oxygen atoms in total. The van der Waals surface area contributed by atoms with E-state index in [1.165, 1.54) is 0 Å². The Kier molecular flexibility index (Phi) is 2.00. The maximum absolute atomic E-state index is 10.9. The lowest BCUT2D eigenvalue weighted by molar-refractivity contribution is -0.139. The summed E-state index contributed by atoms with van der Waals surface area (Å²) in [6.45, 7) is 0. The van der Waals surface area contributed by atoms with Gasteiger partial charge in [-0.1, -0.05) is 24.3 Å². The lowest BCUT2D eigenvalue weighted by atomic mass is 9.86. The number of rotatable bonds is 1. The highest BCUT2D eigenvalue weighted by atomic mass is 16.4. The molecule has 1 aliphatic rings. The van der Waals surface area contributed by atoms with Gasteiger partial charge in [0.1, 0.15) is 0 Å². The molecule has 1 atom stereocenters. The normalized spacial score (nSPS) is 19.7. The molecular formula is C11H10O3. The molecule has 2 N–H and O–H groups in total. The Morgan fingerprint density at radius 3 is 2.79 bits per heavy atom. The van der Waals surface area contributed by atoms with E-state index in [0.717, 1.165) is 11.1 Å². The first-order valence-electron chi connectivity index (χ1n) is 4.40. The first-order chi connectivity index (χ1) is 6.68. The molecule has 1 unspecified atom stereocenters. The summed E-state index contributed by atoms with van der Waals surface area (Å²) >= 11 is 0. The summed E-state index contributed by atoms with van der Waals surface area (Å²) in [4.78, 5) is 10.9. The van der Waals surface area contributed by atoms with Crippen molar-refractivity contribution in [2.75, 3.05) is 0 Å². The van der Waals surface area contributed by atoms with Crippen LogP contribution in [0, 0.1) is 0 Å². The van der Waals surface area contributed by atoms with Crippen LogP contribution in [0.2, 0.25) is 0 Å². The second-order valence-corrected chi connectivity index (χ2v) is 3.36. The average molecular weight is 190 g/mol. The number of hydrogen-bond acceptors (Lipinski definition) is 2. The molecule has 2 rings (SSSR count). The molecule has 0 radical (unpaired) electrons. The van der Waals surface area contributed by atoms with Crippen LogP contribution in [0.15, 0.2) is 30.0 Å². The molecule has 0 spiro atoms. The lowest BCUT2D eigenvalue weighted by Gasteiger charge is -2.19. The third kappa shape index (κ3) is 1.37. The number of aliphatic hydroxyl groups excluding tert-OH is 1. The summed E-state index contributed by atoms with van der Waals surface area (Å²) in [7, 11) is 0. The fraction of sp³-hybridized carbons (Fsp3) is 0.182. The topological polar surface area (TPSA) is 57.5 Å². The molecule has 1 aromatic rings. The molecule has 0 bridgehead atoms. The van der Waals surface area contributed by atoms with Gasteiger partial charge in [-0.15, -0.1) is 0 Å². The first kappa shape index (κ1) is 8.81. The van der Waals surface area contributed by atoms with E-state index in [0.29, 0.717) is 0 Å². The van der Waals surface area contributed by atoms with Crippen molar-refractivity contribution in [3.8, 4) is 0 Å². The molecule has 14 heavy (non-hydrogen) atoms. The molecule has 0 heterocycles. The summed E-state index contributed by atoms with van der Waals surface area (Å²) in [5, 5.41) is 18.3. The molecule has 1 aliphatic carbocycles. The van der Waals surface area contributed by atoms with Crippen molar-refractivity contribution in [2.24, 2.45) is 0 Å². The van der Waals surface area contributed by atoms with Gasteiger partial charge in [0.05, 0.1) is 11.7 Å². The number of fused-ring (bicyclic) bond motifs is 1. The minimum absolute atomic E-state index is 0.135. The molecule has 0 amide bonds. The van der Waals surface area contributed by atoms with Gasteiger partial charge in [0.25, 0.3) is 0 Å². The number of benzene rings is 1. The predicted octanol–water partition coefficient (Wildman–Crippen LogP) is 2.16.